The number of hydrogen-bond donors (Lipinski definition) is 0. The van der Waals surface area contributed by atoms with Crippen LogP contribution in [0.4, 0.5) is 0 Å². The summed E-state index contributed by atoms with van der Waals surface area (Å²) in [4.78, 5) is 0. The largest absolute Gasteiger partial charge is 0.0622 e. The van der Waals surface area contributed by atoms with Crippen molar-refractivity contribution in [1.29, 1.82) is 0 Å². The van der Waals surface area contributed by atoms with Crippen LogP contribution < -0.4 is 0 Å². The summed E-state index contributed by atoms with van der Waals surface area (Å²) < 4.78 is 0. The monoisotopic (exact) mass is 686 g/mol. The number of benzene rings is 9. The first-order chi connectivity index (χ1) is 26.7. The molecule has 0 fully saturated rings. The fourth-order valence-corrected chi connectivity index (χ4v) is 7.41. The molecule has 0 heteroatoms. The van der Waals surface area contributed by atoms with Crippen molar-refractivity contribution in [2.75, 3.05) is 0 Å². The van der Waals surface area contributed by atoms with Crippen LogP contribution in [0, 0.1) is 0 Å². The Balaban J connectivity index is 0.983. The third-order valence-corrected chi connectivity index (χ3v) is 10.3. The minimum absolute atomic E-state index is 1.20. The molecule has 0 aliphatic carbocycles. The van der Waals surface area contributed by atoms with Crippen LogP contribution in [0.25, 0.3) is 89.0 Å². The zero-order valence-electron chi connectivity index (χ0n) is 29.9. The molecule has 254 valence electrons. The van der Waals surface area contributed by atoms with Gasteiger partial charge in [-0.15, -0.1) is 0 Å². The maximum absolute atomic E-state index is 2.31. The molecule has 9 aromatic rings. The molecule has 0 radical (unpaired) electrons. The van der Waals surface area contributed by atoms with Crippen LogP contribution in [-0.2, 0) is 0 Å². The Morgan fingerprint density at radius 3 is 0.407 bits per heavy atom. The number of rotatable bonds is 8. The molecule has 9 rings (SSSR count). The summed E-state index contributed by atoms with van der Waals surface area (Å²) in [5.41, 5.74) is 19.4. The van der Waals surface area contributed by atoms with E-state index in [-0.39, 0.29) is 0 Å². The summed E-state index contributed by atoms with van der Waals surface area (Å²) in [6.45, 7) is 0. The molecule has 0 nitrogen and oxygen atoms in total. The predicted molar refractivity (Wildman–Crippen MR) is 230 cm³/mol. The van der Waals surface area contributed by atoms with Crippen molar-refractivity contribution in [1.82, 2.24) is 0 Å². The van der Waals surface area contributed by atoms with Crippen LogP contribution in [0.15, 0.2) is 231 Å². The van der Waals surface area contributed by atoms with Gasteiger partial charge < -0.3 is 0 Å². The lowest BCUT2D eigenvalue weighted by molar-refractivity contribution is 1.55. The highest BCUT2D eigenvalue weighted by Crippen LogP contribution is 2.35. The Morgan fingerprint density at radius 2 is 0.241 bits per heavy atom. The molecule has 0 heterocycles. The molecule has 0 N–H and O–H groups in total. The van der Waals surface area contributed by atoms with E-state index in [4.69, 9.17) is 0 Å². The van der Waals surface area contributed by atoms with Crippen LogP contribution in [0.1, 0.15) is 0 Å². The molecular weight excluding hydrogens is 649 g/mol. The highest BCUT2D eigenvalue weighted by Gasteiger charge is 2.09. The summed E-state index contributed by atoms with van der Waals surface area (Å²) in [5.74, 6) is 0. The molecule has 0 unspecified atom stereocenters. The maximum Gasteiger partial charge on any atom is -0.0178 e. The quantitative estimate of drug-likeness (QED) is 0.149. The van der Waals surface area contributed by atoms with Crippen molar-refractivity contribution in [2.24, 2.45) is 0 Å². The van der Waals surface area contributed by atoms with Gasteiger partial charge in [-0.3, -0.25) is 0 Å². The van der Waals surface area contributed by atoms with Gasteiger partial charge >= 0.3 is 0 Å². The van der Waals surface area contributed by atoms with E-state index < -0.39 is 0 Å². The molecule has 0 aliphatic rings. The van der Waals surface area contributed by atoms with Gasteiger partial charge in [-0.2, -0.15) is 0 Å². The van der Waals surface area contributed by atoms with E-state index >= 15 is 0 Å². The normalized spacial score (nSPS) is 11.0. The van der Waals surface area contributed by atoms with E-state index in [1.165, 1.54) is 89.0 Å². The van der Waals surface area contributed by atoms with Crippen molar-refractivity contribution >= 4 is 0 Å². The van der Waals surface area contributed by atoms with Gasteiger partial charge in [-0.05, 0) is 131 Å². The van der Waals surface area contributed by atoms with Gasteiger partial charge in [0.2, 0.25) is 0 Å². The van der Waals surface area contributed by atoms with Crippen LogP contribution in [0.5, 0.6) is 0 Å². The Hall–Kier alpha value is -7.02. The lowest BCUT2D eigenvalue weighted by Gasteiger charge is -2.12. The van der Waals surface area contributed by atoms with E-state index in [2.05, 4.69) is 231 Å². The second kappa shape index (κ2) is 14.9. The molecule has 9 aromatic carbocycles. The summed E-state index contributed by atoms with van der Waals surface area (Å²) in [7, 11) is 0. The fraction of sp³-hybridized carbons (Fsp3) is 0. The van der Waals surface area contributed by atoms with E-state index in [1.807, 2.05) is 0 Å². The highest BCUT2D eigenvalue weighted by molar-refractivity contribution is 5.82. The Labute approximate surface area is 318 Å². The van der Waals surface area contributed by atoms with E-state index in [1.54, 1.807) is 0 Å². The van der Waals surface area contributed by atoms with Crippen molar-refractivity contribution < 1.29 is 0 Å². The maximum atomic E-state index is 2.31. The second-order valence-corrected chi connectivity index (χ2v) is 13.8. The molecule has 0 saturated heterocycles. The van der Waals surface area contributed by atoms with Crippen molar-refractivity contribution in [2.45, 2.75) is 0 Å². The first-order valence-electron chi connectivity index (χ1n) is 18.6. The van der Waals surface area contributed by atoms with Crippen molar-refractivity contribution in [3.8, 4) is 89.0 Å². The van der Waals surface area contributed by atoms with Crippen LogP contribution in [0.2, 0.25) is 0 Å². The van der Waals surface area contributed by atoms with Gasteiger partial charge in [0.1, 0.15) is 0 Å². The van der Waals surface area contributed by atoms with Crippen molar-refractivity contribution in [3.05, 3.63) is 231 Å². The lowest BCUT2D eigenvalue weighted by atomic mass is 9.93. The minimum Gasteiger partial charge on any atom is -0.0622 e. The van der Waals surface area contributed by atoms with E-state index in [0.29, 0.717) is 0 Å². The SMILES string of the molecule is c1ccc(-c2cccc(-c3cccc(-c4cccc(-c5cccc(-c6cccc(-c7cccc(-c8cccc(-c9ccccc9)c8)c7)c6)c5)c4)c3)c2)cc1. The van der Waals surface area contributed by atoms with Gasteiger partial charge in [0.05, 0.1) is 0 Å². The third kappa shape index (κ3) is 7.06. The Morgan fingerprint density at radius 1 is 0.111 bits per heavy atom. The zero-order valence-corrected chi connectivity index (χ0v) is 29.9. The summed E-state index contributed by atoms with van der Waals surface area (Å²) in [5, 5.41) is 0. The van der Waals surface area contributed by atoms with Crippen LogP contribution >= 0.6 is 0 Å². The molecule has 0 amide bonds. The van der Waals surface area contributed by atoms with Crippen molar-refractivity contribution in [3.63, 3.8) is 0 Å². The minimum atomic E-state index is 1.20. The second-order valence-electron chi connectivity index (χ2n) is 13.8. The summed E-state index contributed by atoms with van der Waals surface area (Å²) >= 11 is 0. The zero-order chi connectivity index (χ0) is 36.1. The smallest absolute Gasteiger partial charge is 0.0178 e. The molecule has 0 spiro atoms. The molecule has 0 atom stereocenters. The van der Waals surface area contributed by atoms with Gasteiger partial charge in [-0.1, -0.05) is 188 Å². The van der Waals surface area contributed by atoms with E-state index in [0.717, 1.165) is 0 Å². The van der Waals surface area contributed by atoms with Gasteiger partial charge in [0.15, 0.2) is 0 Å². The molecule has 54 heavy (non-hydrogen) atoms. The van der Waals surface area contributed by atoms with Gasteiger partial charge in [0.25, 0.3) is 0 Å². The highest BCUT2D eigenvalue weighted by atomic mass is 14.1. The topological polar surface area (TPSA) is 0 Å². The average Bonchev–Trinajstić information content (AvgIpc) is 3.27. The van der Waals surface area contributed by atoms with E-state index in [9.17, 15) is 0 Å². The summed E-state index contributed by atoms with van der Waals surface area (Å²) in [6.07, 6.45) is 0. The van der Waals surface area contributed by atoms with Gasteiger partial charge in [0, 0.05) is 0 Å². The molecule has 0 aliphatic heterocycles. The van der Waals surface area contributed by atoms with Crippen LogP contribution in [0.3, 0.4) is 0 Å². The van der Waals surface area contributed by atoms with Crippen LogP contribution in [-0.4, -0.2) is 0 Å². The number of hydrogen-bond acceptors (Lipinski definition) is 0. The lowest BCUT2D eigenvalue weighted by Crippen LogP contribution is -1.86. The Bertz CT molecular complexity index is 2520. The summed E-state index contributed by atoms with van der Waals surface area (Å²) in [6, 6.07) is 83.3. The van der Waals surface area contributed by atoms with Gasteiger partial charge in [-0.25, -0.2) is 0 Å². The predicted octanol–water partition coefficient (Wildman–Crippen LogP) is 15.0. The third-order valence-electron chi connectivity index (χ3n) is 10.3. The Kier molecular flexibility index (Phi) is 9.07. The standard InChI is InChI=1S/C54H38/c1-3-14-39(15-4-1)41-18-7-20-43(32-41)45-22-9-24-47(34-45)49-26-11-28-51(36-49)53-30-13-31-54(38-53)52-29-12-27-50(37-52)48-25-10-23-46(35-48)44-21-8-19-42(33-44)40-16-5-2-6-17-40/h1-38H. The molecular formula is C54H38. The average molecular weight is 687 g/mol. The fourth-order valence-electron chi connectivity index (χ4n) is 7.41. The molecule has 0 aromatic heterocycles. The molecule has 0 bridgehead atoms. The first-order valence-corrected chi connectivity index (χ1v) is 18.6. The first kappa shape index (κ1) is 32.9. The molecule has 0 saturated carbocycles.